The van der Waals surface area contributed by atoms with Gasteiger partial charge in [-0.15, -0.1) is 0 Å². The molecule has 0 aliphatic rings. The second-order valence-electron chi connectivity index (χ2n) is 6.70. The zero-order valence-electron chi connectivity index (χ0n) is 15.3. The van der Waals surface area contributed by atoms with Gasteiger partial charge in [0.2, 0.25) is 0 Å². The Balaban J connectivity index is 1.51. The Bertz CT molecular complexity index is 783. The number of hydrogen-bond acceptors (Lipinski definition) is 3. The van der Waals surface area contributed by atoms with Crippen molar-refractivity contribution in [2.75, 3.05) is 0 Å². The minimum Gasteiger partial charge on any atom is -0.487 e. The summed E-state index contributed by atoms with van der Waals surface area (Å²) in [6, 6.07) is 24.1. The molecule has 1 radical (unpaired) electrons. The molecule has 0 amide bonds. The predicted molar refractivity (Wildman–Crippen MR) is 104 cm³/mol. The van der Waals surface area contributed by atoms with Crippen LogP contribution in [-0.4, -0.2) is 10.6 Å². The van der Waals surface area contributed by atoms with Crippen molar-refractivity contribution in [1.82, 2.24) is 4.98 Å². The van der Waals surface area contributed by atoms with E-state index in [0.717, 1.165) is 17.0 Å². The van der Waals surface area contributed by atoms with Gasteiger partial charge in [0.05, 0.1) is 17.9 Å². The number of rotatable bonds is 8. The Kier molecular flexibility index (Phi) is 6.03. The first kappa shape index (κ1) is 18.2. The van der Waals surface area contributed by atoms with E-state index in [9.17, 15) is 0 Å². The van der Waals surface area contributed by atoms with E-state index in [1.807, 2.05) is 60.7 Å². The van der Waals surface area contributed by atoms with E-state index >= 15 is 0 Å². The second-order valence-corrected chi connectivity index (χ2v) is 6.70. The largest absolute Gasteiger partial charge is 0.487 e. The van der Waals surface area contributed by atoms with Crippen molar-refractivity contribution in [2.24, 2.45) is 0 Å². The Hall–Kier alpha value is -2.65. The molecule has 0 spiro atoms. The highest BCUT2D eigenvalue weighted by molar-refractivity contribution is 5.33. The fourth-order valence-electron chi connectivity index (χ4n) is 2.59. The van der Waals surface area contributed by atoms with E-state index in [2.05, 4.69) is 37.4 Å². The molecule has 0 bridgehead atoms. The fourth-order valence-corrected chi connectivity index (χ4v) is 2.59. The summed E-state index contributed by atoms with van der Waals surface area (Å²) in [5.41, 5.74) is 2.84. The van der Waals surface area contributed by atoms with Gasteiger partial charge in [0.15, 0.2) is 0 Å². The highest BCUT2D eigenvalue weighted by Crippen LogP contribution is 2.23. The maximum absolute atomic E-state index is 6.06. The second kappa shape index (κ2) is 8.63. The Morgan fingerprint density at radius 2 is 1.58 bits per heavy atom. The highest BCUT2D eigenvalue weighted by Gasteiger charge is 2.19. The van der Waals surface area contributed by atoms with Gasteiger partial charge >= 0.3 is 0 Å². The third-order valence-corrected chi connectivity index (χ3v) is 3.96. The molecular formula is C23H24NO2. The first-order valence-electron chi connectivity index (χ1n) is 8.77. The van der Waals surface area contributed by atoms with Crippen molar-refractivity contribution in [1.29, 1.82) is 0 Å². The first-order chi connectivity index (χ1) is 12.6. The van der Waals surface area contributed by atoms with Gasteiger partial charge in [-0.3, -0.25) is 4.98 Å². The zero-order chi connectivity index (χ0) is 18.2. The molecule has 0 atom stereocenters. The van der Waals surface area contributed by atoms with Crippen molar-refractivity contribution in [3.05, 3.63) is 102 Å². The van der Waals surface area contributed by atoms with Gasteiger partial charge in [-0.2, -0.15) is 0 Å². The van der Waals surface area contributed by atoms with Crippen LogP contribution in [0.4, 0.5) is 0 Å². The summed E-state index contributed by atoms with van der Waals surface area (Å²) in [5, 5.41) is 0. The lowest BCUT2D eigenvalue weighted by molar-refractivity contribution is -0.00248. The molecule has 2 aromatic carbocycles. The molecule has 3 rings (SSSR count). The predicted octanol–water partition coefficient (Wildman–Crippen LogP) is 5.21. The SMILES string of the molecule is CC(C)([CH]c1ccc(OCc2ccccn2)cc1)OCc1ccccc1. The third kappa shape index (κ3) is 5.71. The molecule has 26 heavy (non-hydrogen) atoms. The molecule has 3 aromatic rings. The van der Waals surface area contributed by atoms with Crippen LogP contribution in [0, 0.1) is 6.42 Å². The minimum atomic E-state index is -0.355. The average molecular weight is 346 g/mol. The van der Waals surface area contributed by atoms with Crippen molar-refractivity contribution in [3.8, 4) is 5.75 Å². The van der Waals surface area contributed by atoms with E-state index in [0.29, 0.717) is 13.2 Å². The van der Waals surface area contributed by atoms with Crippen LogP contribution in [0.2, 0.25) is 0 Å². The van der Waals surface area contributed by atoms with Gasteiger partial charge in [-0.05, 0) is 49.2 Å². The van der Waals surface area contributed by atoms with Gasteiger partial charge in [0.1, 0.15) is 12.4 Å². The molecule has 0 unspecified atom stereocenters. The van der Waals surface area contributed by atoms with Gasteiger partial charge < -0.3 is 9.47 Å². The van der Waals surface area contributed by atoms with Crippen LogP contribution in [0.5, 0.6) is 5.75 Å². The van der Waals surface area contributed by atoms with Crippen LogP contribution in [0.25, 0.3) is 0 Å². The summed E-state index contributed by atoms with van der Waals surface area (Å²) in [5.74, 6) is 0.829. The smallest absolute Gasteiger partial charge is 0.130 e. The lowest BCUT2D eigenvalue weighted by atomic mass is 9.98. The van der Waals surface area contributed by atoms with Gasteiger partial charge in [-0.1, -0.05) is 48.5 Å². The van der Waals surface area contributed by atoms with Gasteiger partial charge in [0, 0.05) is 12.6 Å². The molecule has 1 aromatic heterocycles. The van der Waals surface area contributed by atoms with E-state index in [-0.39, 0.29) is 5.60 Å². The van der Waals surface area contributed by atoms with Crippen LogP contribution in [0.1, 0.15) is 30.7 Å². The van der Waals surface area contributed by atoms with Crippen LogP contribution in [-0.2, 0) is 18.0 Å². The van der Waals surface area contributed by atoms with E-state index in [4.69, 9.17) is 9.47 Å². The topological polar surface area (TPSA) is 31.4 Å². The molecule has 0 saturated carbocycles. The summed E-state index contributed by atoms with van der Waals surface area (Å²) in [4.78, 5) is 4.26. The monoisotopic (exact) mass is 346 g/mol. The molecule has 133 valence electrons. The summed E-state index contributed by atoms with van der Waals surface area (Å²) in [6.07, 6.45) is 3.90. The molecule has 3 heteroatoms. The zero-order valence-corrected chi connectivity index (χ0v) is 15.3. The van der Waals surface area contributed by atoms with Crippen molar-refractivity contribution in [3.63, 3.8) is 0 Å². The molecule has 0 saturated heterocycles. The van der Waals surface area contributed by atoms with E-state index in [1.165, 1.54) is 5.56 Å². The van der Waals surface area contributed by atoms with E-state index < -0.39 is 0 Å². The van der Waals surface area contributed by atoms with Gasteiger partial charge in [0.25, 0.3) is 0 Å². The number of ether oxygens (including phenoxy) is 2. The Morgan fingerprint density at radius 3 is 2.27 bits per heavy atom. The van der Waals surface area contributed by atoms with Gasteiger partial charge in [-0.25, -0.2) is 0 Å². The summed E-state index contributed by atoms with van der Waals surface area (Å²) < 4.78 is 11.8. The van der Waals surface area contributed by atoms with Crippen molar-refractivity contribution >= 4 is 0 Å². The number of benzene rings is 2. The molecule has 0 aliphatic heterocycles. The number of hydrogen-bond donors (Lipinski definition) is 0. The maximum atomic E-state index is 6.06. The average Bonchev–Trinajstić information content (AvgIpc) is 2.67. The lowest BCUT2D eigenvalue weighted by Gasteiger charge is -2.25. The van der Waals surface area contributed by atoms with Crippen LogP contribution in [0.15, 0.2) is 79.0 Å². The van der Waals surface area contributed by atoms with Crippen LogP contribution in [0.3, 0.4) is 0 Å². The molecule has 0 fully saturated rings. The molecule has 0 N–H and O–H groups in total. The van der Waals surface area contributed by atoms with E-state index in [1.54, 1.807) is 6.20 Å². The minimum absolute atomic E-state index is 0.355. The summed E-state index contributed by atoms with van der Waals surface area (Å²) in [7, 11) is 0. The third-order valence-electron chi connectivity index (χ3n) is 3.96. The van der Waals surface area contributed by atoms with Crippen molar-refractivity contribution in [2.45, 2.75) is 32.7 Å². The Labute approximate surface area is 155 Å². The van der Waals surface area contributed by atoms with Crippen LogP contribution >= 0.6 is 0 Å². The molecule has 0 aliphatic carbocycles. The molecule has 1 heterocycles. The normalized spacial score (nSPS) is 11.3. The number of aromatic nitrogens is 1. The number of pyridine rings is 1. The lowest BCUT2D eigenvalue weighted by Crippen LogP contribution is -2.25. The maximum Gasteiger partial charge on any atom is 0.130 e. The van der Waals surface area contributed by atoms with Crippen LogP contribution < -0.4 is 4.74 Å². The highest BCUT2D eigenvalue weighted by atomic mass is 16.5. The fraction of sp³-hybridized carbons (Fsp3) is 0.217. The first-order valence-corrected chi connectivity index (χ1v) is 8.77. The molecule has 3 nitrogen and oxygen atoms in total. The summed E-state index contributed by atoms with van der Waals surface area (Å²) in [6.45, 7) is 5.20. The standard InChI is InChI=1S/C23H24NO2/c1-23(2,26-17-20-8-4-3-5-9-20)16-19-11-13-22(14-12-19)25-18-21-10-6-7-15-24-21/h3-16H,17-18H2,1-2H3. The Morgan fingerprint density at radius 1 is 0.846 bits per heavy atom. The quantitative estimate of drug-likeness (QED) is 0.561. The number of nitrogens with zero attached hydrogens (tertiary/aromatic N) is 1. The molecular weight excluding hydrogens is 322 g/mol. The summed E-state index contributed by atoms with van der Waals surface area (Å²) >= 11 is 0. The van der Waals surface area contributed by atoms with Crippen molar-refractivity contribution < 1.29 is 9.47 Å².